The number of carbonyl (C=O) groups excluding carboxylic acids is 1. The first-order valence-electron chi connectivity index (χ1n) is 7.81. The first-order chi connectivity index (χ1) is 11.8. The highest BCUT2D eigenvalue weighted by Gasteiger charge is 2.06. The van der Waals surface area contributed by atoms with Crippen molar-refractivity contribution in [3.8, 4) is 11.1 Å². The average molecular weight is 333 g/mol. The molecule has 0 aliphatic carbocycles. The molecule has 0 heterocycles. The van der Waals surface area contributed by atoms with Crippen LogP contribution in [0.15, 0.2) is 78.9 Å². The molecular weight excluding hydrogens is 314 g/mol. The van der Waals surface area contributed by atoms with Gasteiger partial charge in [-0.1, -0.05) is 54.6 Å². The van der Waals surface area contributed by atoms with E-state index in [-0.39, 0.29) is 5.91 Å². The van der Waals surface area contributed by atoms with Crippen LogP contribution in [-0.2, 0) is 5.75 Å². The zero-order valence-corrected chi connectivity index (χ0v) is 14.3. The van der Waals surface area contributed by atoms with Crippen molar-refractivity contribution in [3.63, 3.8) is 0 Å². The van der Waals surface area contributed by atoms with Crippen molar-refractivity contribution in [1.29, 1.82) is 0 Å². The van der Waals surface area contributed by atoms with Crippen LogP contribution in [-0.4, -0.2) is 12.2 Å². The van der Waals surface area contributed by atoms with Crippen LogP contribution in [0.2, 0.25) is 0 Å². The van der Waals surface area contributed by atoms with Crippen LogP contribution >= 0.6 is 11.8 Å². The Morgan fingerprint density at radius 2 is 1.46 bits per heavy atom. The Morgan fingerprint density at radius 3 is 2.08 bits per heavy atom. The lowest BCUT2D eigenvalue weighted by Crippen LogP contribution is -2.11. The van der Waals surface area contributed by atoms with Crippen molar-refractivity contribution in [1.82, 2.24) is 0 Å². The third kappa shape index (κ3) is 4.06. The van der Waals surface area contributed by atoms with Crippen LogP contribution in [0.5, 0.6) is 0 Å². The van der Waals surface area contributed by atoms with E-state index >= 15 is 0 Å². The number of anilines is 1. The van der Waals surface area contributed by atoms with E-state index in [0.29, 0.717) is 5.56 Å². The summed E-state index contributed by atoms with van der Waals surface area (Å²) < 4.78 is 0. The highest BCUT2D eigenvalue weighted by Crippen LogP contribution is 2.21. The van der Waals surface area contributed by atoms with Gasteiger partial charge in [0, 0.05) is 17.0 Å². The van der Waals surface area contributed by atoms with E-state index < -0.39 is 0 Å². The summed E-state index contributed by atoms with van der Waals surface area (Å²) >= 11 is 1.77. The lowest BCUT2D eigenvalue weighted by molar-refractivity contribution is 0.102. The van der Waals surface area contributed by atoms with E-state index in [0.717, 1.165) is 17.0 Å². The normalized spacial score (nSPS) is 10.4. The second kappa shape index (κ2) is 7.84. The highest BCUT2D eigenvalue weighted by atomic mass is 32.2. The van der Waals surface area contributed by atoms with Crippen LogP contribution < -0.4 is 5.32 Å². The molecule has 3 aromatic rings. The van der Waals surface area contributed by atoms with Gasteiger partial charge >= 0.3 is 0 Å². The molecule has 0 saturated carbocycles. The number of nitrogens with one attached hydrogen (secondary N) is 1. The molecule has 0 unspecified atom stereocenters. The summed E-state index contributed by atoms with van der Waals surface area (Å²) in [4.78, 5) is 12.3. The van der Waals surface area contributed by atoms with Crippen LogP contribution in [0.25, 0.3) is 11.1 Å². The molecule has 0 bridgehead atoms. The minimum Gasteiger partial charge on any atom is -0.322 e. The summed E-state index contributed by atoms with van der Waals surface area (Å²) in [7, 11) is 0. The summed E-state index contributed by atoms with van der Waals surface area (Å²) in [5.41, 5.74) is 5.00. The molecule has 1 amide bonds. The van der Waals surface area contributed by atoms with Crippen molar-refractivity contribution < 1.29 is 4.79 Å². The van der Waals surface area contributed by atoms with E-state index in [2.05, 4.69) is 23.7 Å². The van der Waals surface area contributed by atoms with Gasteiger partial charge in [0.1, 0.15) is 0 Å². The summed E-state index contributed by atoms with van der Waals surface area (Å²) in [6.07, 6.45) is 2.07. The molecule has 0 saturated heterocycles. The Labute approximate surface area is 146 Å². The van der Waals surface area contributed by atoms with Crippen LogP contribution in [0, 0.1) is 0 Å². The third-order valence-corrected chi connectivity index (χ3v) is 4.40. The molecule has 0 radical (unpaired) electrons. The number of hydrogen-bond acceptors (Lipinski definition) is 2. The van der Waals surface area contributed by atoms with Crippen LogP contribution in [0.1, 0.15) is 15.9 Å². The number of carbonyl (C=O) groups is 1. The van der Waals surface area contributed by atoms with Gasteiger partial charge in [-0.2, -0.15) is 11.8 Å². The van der Waals surface area contributed by atoms with E-state index in [4.69, 9.17) is 0 Å². The summed E-state index contributed by atoms with van der Waals surface area (Å²) in [5, 5.41) is 2.94. The molecule has 3 rings (SSSR count). The second-order valence-electron chi connectivity index (χ2n) is 5.53. The zero-order valence-electron chi connectivity index (χ0n) is 13.5. The summed E-state index contributed by atoms with van der Waals surface area (Å²) in [6.45, 7) is 0. The van der Waals surface area contributed by atoms with Gasteiger partial charge in [-0.25, -0.2) is 0 Å². The first kappa shape index (κ1) is 16.3. The summed E-state index contributed by atoms with van der Waals surface area (Å²) in [5.74, 6) is 0.876. The van der Waals surface area contributed by atoms with Crippen molar-refractivity contribution in [3.05, 3.63) is 90.0 Å². The molecule has 0 atom stereocenters. The molecule has 2 nitrogen and oxygen atoms in total. The van der Waals surface area contributed by atoms with Crippen molar-refractivity contribution in [2.45, 2.75) is 5.75 Å². The number of amides is 1. The van der Waals surface area contributed by atoms with Gasteiger partial charge in [0.05, 0.1) is 0 Å². The quantitative estimate of drug-likeness (QED) is 0.671. The number of rotatable bonds is 5. The molecule has 3 aromatic carbocycles. The molecule has 1 N–H and O–H groups in total. The second-order valence-corrected chi connectivity index (χ2v) is 6.39. The predicted octanol–water partition coefficient (Wildman–Crippen LogP) is 5.47. The van der Waals surface area contributed by atoms with Gasteiger partial charge in [-0.05, 0) is 47.2 Å². The Balaban J connectivity index is 1.68. The molecule has 0 aliphatic rings. The van der Waals surface area contributed by atoms with E-state index in [1.807, 2.05) is 66.7 Å². The number of benzene rings is 3. The molecular formula is C21H19NOS. The average Bonchev–Trinajstić information content (AvgIpc) is 2.64. The minimum absolute atomic E-state index is 0.0850. The fourth-order valence-corrected chi connectivity index (χ4v) is 3.02. The maximum absolute atomic E-state index is 12.3. The standard InChI is InChI=1S/C21H19NOS/c1-24-15-16-7-9-19(10-8-16)21(23)22-20-13-11-18(12-14-20)17-5-3-2-4-6-17/h2-14H,15H2,1H3,(H,22,23). The highest BCUT2D eigenvalue weighted by molar-refractivity contribution is 7.97. The fraction of sp³-hybridized carbons (Fsp3) is 0.0952. The third-order valence-electron chi connectivity index (χ3n) is 3.78. The van der Waals surface area contributed by atoms with Gasteiger partial charge < -0.3 is 5.32 Å². The van der Waals surface area contributed by atoms with Crippen molar-refractivity contribution in [2.75, 3.05) is 11.6 Å². The number of thioether (sulfide) groups is 1. The largest absolute Gasteiger partial charge is 0.322 e. The molecule has 0 aliphatic heterocycles. The Kier molecular flexibility index (Phi) is 5.34. The van der Waals surface area contributed by atoms with Crippen LogP contribution in [0.4, 0.5) is 5.69 Å². The SMILES string of the molecule is CSCc1ccc(C(=O)Nc2ccc(-c3ccccc3)cc2)cc1. The fourth-order valence-electron chi connectivity index (χ4n) is 2.50. The molecule has 0 fully saturated rings. The zero-order chi connectivity index (χ0) is 16.8. The molecule has 0 aromatic heterocycles. The van der Waals surface area contributed by atoms with E-state index in [1.165, 1.54) is 11.1 Å². The Morgan fingerprint density at radius 1 is 0.833 bits per heavy atom. The Hall–Kier alpha value is -2.52. The maximum atomic E-state index is 12.3. The van der Waals surface area contributed by atoms with E-state index in [9.17, 15) is 4.79 Å². The smallest absolute Gasteiger partial charge is 0.255 e. The van der Waals surface area contributed by atoms with Crippen molar-refractivity contribution >= 4 is 23.4 Å². The lowest BCUT2D eigenvalue weighted by atomic mass is 10.1. The lowest BCUT2D eigenvalue weighted by Gasteiger charge is -2.07. The van der Waals surface area contributed by atoms with Crippen molar-refractivity contribution in [2.24, 2.45) is 0 Å². The predicted molar refractivity (Wildman–Crippen MR) is 103 cm³/mol. The van der Waals surface area contributed by atoms with Crippen LogP contribution in [0.3, 0.4) is 0 Å². The summed E-state index contributed by atoms with van der Waals surface area (Å²) in [6, 6.07) is 25.9. The Bertz CT molecular complexity index is 796. The van der Waals surface area contributed by atoms with Gasteiger partial charge in [-0.15, -0.1) is 0 Å². The number of hydrogen-bond donors (Lipinski definition) is 1. The molecule has 120 valence electrons. The van der Waals surface area contributed by atoms with Gasteiger partial charge in [0.15, 0.2) is 0 Å². The first-order valence-corrected chi connectivity index (χ1v) is 9.20. The monoisotopic (exact) mass is 333 g/mol. The van der Waals surface area contributed by atoms with Gasteiger partial charge in [0.2, 0.25) is 0 Å². The van der Waals surface area contributed by atoms with Gasteiger partial charge in [0.25, 0.3) is 5.91 Å². The molecule has 0 spiro atoms. The molecule has 3 heteroatoms. The topological polar surface area (TPSA) is 29.1 Å². The maximum Gasteiger partial charge on any atom is 0.255 e. The van der Waals surface area contributed by atoms with E-state index in [1.54, 1.807) is 11.8 Å². The molecule has 24 heavy (non-hydrogen) atoms. The minimum atomic E-state index is -0.0850. The van der Waals surface area contributed by atoms with Gasteiger partial charge in [-0.3, -0.25) is 4.79 Å².